The molecule has 104 valence electrons. The molecular formula is C16H17BrN2O. The topological polar surface area (TPSA) is 41.1 Å². The Hall–Kier alpha value is -1.81. The van der Waals surface area contributed by atoms with Gasteiger partial charge in [-0.3, -0.25) is 0 Å². The lowest BCUT2D eigenvalue weighted by atomic mass is 10.1. The van der Waals surface area contributed by atoms with Crippen LogP contribution in [0.1, 0.15) is 18.1 Å². The second-order valence-electron chi connectivity index (χ2n) is 4.49. The van der Waals surface area contributed by atoms with Crippen molar-refractivity contribution in [3.05, 3.63) is 64.1 Å². The van der Waals surface area contributed by atoms with E-state index in [1.807, 2.05) is 48.5 Å². The fourth-order valence-electron chi connectivity index (χ4n) is 1.83. The van der Waals surface area contributed by atoms with E-state index in [1.54, 1.807) is 0 Å². The van der Waals surface area contributed by atoms with E-state index >= 15 is 0 Å². The molecule has 4 heteroatoms. The third-order valence-electron chi connectivity index (χ3n) is 2.96. The van der Waals surface area contributed by atoms with Gasteiger partial charge in [-0.1, -0.05) is 47.1 Å². The van der Waals surface area contributed by atoms with E-state index in [0.29, 0.717) is 6.54 Å². The Morgan fingerprint density at radius 3 is 2.50 bits per heavy atom. The molecule has 2 aromatic carbocycles. The van der Waals surface area contributed by atoms with Crippen LogP contribution in [0.5, 0.6) is 0 Å². The average molecular weight is 333 g/mol. The molecule has 0 aliphatic heterocycles. The van der Waals surface area contributed by atoms with Crippen molar-refractivity contribution in [1.82, 2.24) is 5.32 Å². The van der Waals surface area contributed by atoms with Crippen molar-refractivity contribution in [1.29, 1.82) is 0 Å². The van der Waals surface area contributed by atoms with Crippen LogP contribution in [0, 0.1) is 0 Å². The fourth-order valence-corrected chi connectivity index (χ4v) is 2.27. The largest absolute Gasteiger partial charge is 0.334 e. The molecule has 0 aromatic heterocycles. The Balaban J connectivity index is 1.85. The van der Waals surface area contributed by atoms with E-state index in [4.69, 9.17) is 0 Å². The van der Waals surface area contributed by atoms with Gasteiger partial charge in [-0.15, -0.1) is 0 Å². The van der Waals surface area contributed by atoms with Crippen molar-refractivity contribution in [2.45, 2.75) is 19.9 Å². The molecule has 0 unspecified atom stereocenters. The van der Waals surface area contributed by atoms with Gasteiger partial charge < -0.3 is 10.6 Å². The average Bonchev–Trinajstić information content (AvgIpc) is 2.46. The number of nitrogens with one attached hydrogen (secondary N) is 2. The third kappa shape index (κ3) is 4.38. The Morgan fingerprint density at radius 2 is 1.85 bits per heavy atom. The number of urea groups is 1. The summed E-state index contributed by atoms with van der Waals surface area (Å²) in [7, 11) is 0. The number of amides is 2. The summed E-state index contributed by atoms with van der Waals surface area (Å²) in [6, 6.07) is 15.5. The lowest BCUT2D eigenvalue weighted by Crippen LogP contribution is -2.28. The smallest absolute Gasteiger partial charge is 0.319 e. The van der Waals surface area contributed by atoms with Gasteiger partial charge in [0.15, 0.2) is 0 Å². The summed E-state index contributed by atoms with van der Waals surface area (Å²) in [5, 5.41) is 5.65. The van der Waals surface area contributed by atoms with E-state index in [0.717, 1.165) is 22.1 Å². The van der Waals surface area contributed by atoms with Crippen LogP contribution >= 0.6 is 15.9 Å². The summed E-state index contributed by atoms with van der Waals surface area (Å²) >= 11 is 3.41. The number of hydrogen-bond donors (Lipinski definition) is 2. The van der Waals surface area contributed by atoms with E-state index in [2.05, 4.69) is 33.5 Å². The Bertz CT molecular complexity index is 581. The van der Waals surface area contributed by atoms with Crippen LogP contribution < -0.4 is 10.6 Å². The molecule has 20 heavy (non-hydrogen) atoms. The van der Waals surface area contributed by atoms with Crippen molar-refractivity contribution in [3.8, 4) is 0 Å². The molecule has 0 saturated heterocycles. The van der Waals surface area contributed by atoms with Gasteiger partial charge in [0.2, 0.25) is 0 Å². The lowest BCUT2D eigenvalue weighted by molar-refractivity contribution is 0.251. The minimum atomic E-state index is -0.200. The molecule has 2 N–H and O–H groups in total. The fraction of sp³-hybridized carbons (Fsp3) is 0.188. The standard InChI is InChI=1S/C16H17BrN2O/c1-2-12-6-8-15(9-7-12)19-16(20)18-11-13-4-3-5-14(17)10-13/h3-10H,2,11H2,1H3,(H2,18,19,20). The van der Waals surface area contributed by atoms with Gasteiger partial charge in [0.05, 0.1) is 0 Å². The Kier molecular flexibility index (Phi) is 5.18. The summed E-state index contributed by atoms with van der Waals surface area (Å²) in [4.78, 5) is 11.8. The molecule has 2 amide bonds. The second-order valence-corrected chi connectivity index (χ2v) is 5.40. The first-order chi connectivity index (χ1) is 9.67. The second kappa shape index (κ2) is 7.10. The van der Waals surface area contributed by atoms with Crippen LogP contribution in [-0.2, 0) is 13.0 Å². The first-order valence-electron chi connectivity index (χ1n) is 6.55. The number of hydrogen-bond acceptors (Lipinski definition) is 1. The maximum Gasteiger partial charge on any atom is 0.319 e. The third-order valence-corrected chi connectivity index (χ3v) is 3.46. The molecule has 0 saturated carbocycles. The Labute approximate surface area is 127 Å². The highest BCUT2D eigenvalue weighted by atomic mass is 79.9. The minimum absolute atomic E-state index is 0.200. The monoisotopic (exact) mass is 332 g/mol. The molecule has 3 nitrogen and oxygen atoms in total. The summed E-state index contributed by atoms with van der Waals surface area (Å²) in [5.74, 6) is 0. The molecule has 0 spiro atoms. The van der Waals surface area contributed by atoms with Crippen LogP contribution in [-0.4, -0.2) is 6.03 Å². The zero-order valence-electron chi connectivity index (χ0n) is 11.3. The van der Waals surface area contributed by atoms with Crippen LogP contribution in [0.15, 0.2) is 53.0 Å². The SMILES string of the molecule is CCc1ccc(NC(=O)NCc2cccc(Br)c2)cc1. The predicted octanol–water partition coefficient (Wildman–Crippen LogP) is 4.33. The number of aryl methyl sites for hydroxylation is 1. The molecule has 2 rings (SSSR count). The van der Waals surface area contributed by atoms with Crippen LogP contribution in [0.2, 0.25) is 0 Å². The van der Waals surface area contributed by atoms with Gasteiger partial charge in [-0.25, -0.2) is 4.79 Å². The normalized spacial score (nSPS) is 10.1. The summed E-state index contributed by atoms with van der Waals surface area (Å²) in [6.07, 6.45) is 0.995. The number of benzene rings is 2. The summed E-state index contributed by atoms with van der Waals surface area (Å²) in [5.41, 5.74) is 3.11. The number of rotatable bonds is 4. The van der Waals surface area contributed by atoms with Crippen molar-refractivity contribution in [2.75, 3.05) is 5.32 Å². The molecular weight excluding hydrogens is 316 g/mol. The van der Waals surface area contributed by atoms with Gasteiger partial charge >= 0.3 is 6.03 Å². The van der Waals surface area contributed by atoms with Gasteiger partial charge in [0.25, 0.3) is 0 Å². The Morgan fingerprint density at radius 1 is 1.10 bits per heavy atom. The molecule has 0 radical (unpaired) electrons. The molecule has 0 heterocycles. The maximum atomic E-state index is 11.8. The molecule has 2 aromatic rings. The first-order valence-corrected chi connectivity index (χ1v) is 7.35. The van der Waals surface area contributed by atoms with Crippen molar-refractivity contribution in [3.63, 3.8) is 0 Å². The van der Waals surface area contributed by atoms with Crippen molar-refractivity contribution < 1.29 is 4.79 Å². The quantitative estimate of drug-likeness (QED) is 0.859. The van der Waals surface area contributed by atoms with Gasteiger partial charge in [-0.2, -0.15) is 0 Å². The van der Waals surface area contributed by atoms with Crippen LogP contribution in [0.25, 0.3) is 0 Å². The molecule has 0 aliphatic rings. The zero-order valence-corrected chi connectivity index (χ0v) is 12.9. The van der Waals surface area contributed by atoms with Gasteiger partial charge in [0.1, 0.15) is 0 Å². The zero-order chi connectivity index (χ0) is 14.4. The summed E-state index contributed by atoms with van der Waals surface area (Å²) < 4.78 is 1.01. The predicted molar refractivity (Wildman–Crippen MR) is 85.8 cm³/mol. The number of anilines is 1. The highest BCUT2D eigenvalue weighted by molar-refractivity contribution is 9.10. The van der Waals surface area contributed by atoms with E-state index < -0.39 is 0 Å². The minimum Gasteiger partial charge on any atom is -0.334 e. The van der Waals surface area contributed by atoms with E-state index in [1.165, 1.54) is 5.56 Å². The number of carbonyl (C=O) groups excluding carboxylic acids is 1. The van der Waals surface area contributed by atoms with Crippen LogP contribution in [0.4, 0.5) is 10.5 Å². The maximum absolute atomic E-state index is 11.8. The number of halogens is 1. The van der Waals surface area contributed by atoms with Gasteiger partial charge in [0, 0.05) is 16.7 Å². The van der Waals surface area contributed by atoms with E-state index in [9.17, 15) is 4.79 Å². The first kappa shape index (κ1) is 14.6. The highest BCUT2D eigenvalue weighted by Crippen LogP contribution is 2.12. The van der Waals surface area contributed by atoms with Crippen molar-refractivity contribution in [2.24, 2.45) is 0 Å². The molecule has 0 atom stereocenters. The van der Waals surface area contributed by atoms with E-state index in [-0.39, 0.29) is 6.03 Å². The van der Waals surface area contributed by atoms with Gasteiger partial charge in [-0.05, 0) is 41.8 Å². The molecule has 0 aliphatic carbocycles. The highest BCUT2D eigenvalue weighted by Gasteiger charge is 2.02. The molecule has 0 bridgehead atoms. The summed E-state index contributed by atoms with van der Waals surface area (Å²) in [6.45, 7) is 2.60. The number of carbonyl (C=O) groups is 1. The van der Waals surface area contributed by atoms with Crippen LogP contribution in [0.3, 0.4) is 0 Å². The molecule has 0 fully saturated rings. The lowest BCUT2D eigenvalue weighted by Gasteiger charge is -2.08. The van der Waals surface area contributed by atoms with Crippen molar-refractivity contribution >= 4 is 27.6 Å².